The van der Waals surface area contributed by atoms with E-state index in [1.54, 1.807) is 0 Å². The lowest BCUT2D eigenvalue weighted by atomic mass is 9.72. The summed E-state index contributed by atoms with van der Waals surface area (Å²) in [6, 6.07) is 7.38. The first-order valence-electron chi connectivity index (χ1n) is 8.84. The molecule has 3 nitrogen and oxygen atoms in total. The molecule has 0 amide bonds. The maximum Gasteiger partial charge on any atom is 0.0491 e. The van der Waals surface area contributed by atoms with E-state index in [1.807, 2.05) is 0 Å². The van der Waals surface area contributed by atoms with Gasteiger partial charge in [-0.15, -0.1) is 0 Å². The molecule has 1 aliphatic carbocycles. The Hall–Kier alpha value is -1.32. The largest absolute Gasteiger partial charge is 0.396 e. The molecule has 124 valence electrons. The highest BCUT2D eigenvalue weighted by atomic mass is 16.3. The second-order valence-corrected chi connectivity index (χ2v) is 8.54. The van der Waals surface area contributed by atoms with Crippen molar-refractivity contribution in [3.05, 3.63) is 35.5 Å². The summed E-state index contributed by atoms with van der Waals surface area (Å²) in [6.45, 7) is 8.16. The number of nitrogens with zero attached hydrogens (tertiary/aromatic N) is 2. The van der Waals surface area contributed by atoms with Crippen molar-refractivity contribution in [2.75, 3.05) is 20.2 Å². The van der Waals surface area contributed by atoms with Crippen LogP contribution in [0, 0.1) is 5.92 Å². The number of piperidine rings is 1. The quantitative estimate of drug-likeness (QED) is 0.875. The third-order valence-electron chi connectivity index (χ3n) is 5.91. The molecule has 23 heavy (non-hydrogen) atoms. The molecule has 0 bridgehead atoms. The lowest BCUT2D eigenvalue weighted by Crippen LogP contribution is -2.48. The van der Waals surface area contributed by atoms with Gasteiger partial charge < -0.3 is 14.6 Å². The van der Waals surface area contributed by atoms with E-state index in [4.69, 9.17) is 0 Å². The van der Waals surface area contributed by atoms with Crippen LogP contribution in [0.4, 0.5) is 0 Å². The monoisotopic (exact) mass is 312 g/mol. The van der Waals surface area contributed by atoms with Crippen molar-refractivity contribution in [1.82, 2.24) is 9.47 Å². The molecule has 1 aromatic carbocycles. The van der Waals surface area contributed by atoms with Gasteiger partial charge in [0.1, 0.15) is 0 Å². The molecule has 2 heterocycles. The summed E-state index contributed by atoms with van der Waals surface area (Å²) in [6.07, 6.45) is 4.64. The molecule has 1 aromatic heterocycles. The van der Waals surface area contributed by atoms with Gasteiger partial charge in [0, 0.05) is 47.8 Å². The van der Waals surface area contributed by atoms with Gasteiger partial charge in [0.2, 0.25) is 0 Å². The van der Waals surface area contributed by atoms with E-state index in [-0.39, 0.29) is 5.54 Å². The zero-order valence-electron chi connectivity index (χ0n) is 14.7. The van der Waals surface area contributed by atoms with Crippen molar-refractivity contribution in [2.45, 2.75) is 51.1 Å². The minimum atomic E-state index is 0.101. The van der Waals surface area contributed by atoms with Gasteiger partial charge in [0.15, 0.2) is 0 Å². The Labute approximate surface area is 138 Å². The maximum absolute atomic E-state index is 9.67. The number of aromatic nitrogens is 1. The number of aliphatic hydroxyl groups is 1. The fourth-order valence-electron chi connectivity index (χ4n) is 4.85. The van der Waals surface area contributed by atoms with Crippen LogP contribution < -0.4 is 0 Å². The molecule has 3 atom stereocenters. The lowest BCUT2D eigenvalue weighted by Gasteiger charge is -2.45. The van der Waals surface area contributed by atoms with E-state index < -0.39 is 0 Å². The molecule has 0 spiro atoms. The van der Waals surface area contributed by atoms with Crippen LogP contribution in [0.1, 0.15) is 44.2 Å². The lowest BCUT2D eigenvalue weighted by molar-refractivity contribution is 0.0771. The van der Waals surface area contributed by atoms with Crippen LogP contribution in [0.15, 0.2) is 24.4 Å². The van der Waals surface area contributed by atoms with Gasteiger partial charge in [0.05, 0.1) is 0 Å². The number of likely N-dealkylation sites (N-methyl/N-ethyl adjacent to an activating group) is 1. The van der Waals surface area contributed by atoms with Gasteiger partial charge in [-0.1, -0.05) is 12.1 Å². The van der Waals surface area contributed by atoms with Crippen LogP contribution in [0.5, 0.6) is 0 Å². The highest BCUT2D eigenvalue weighted by Gasteiger charge is 2.39. The number of hydrogen-bond donors (Lipinski definition) is 1. The molecule has 1 aliphatic heterocycles. The Kier molecular flexibility index (Phi) is 3.37. The molecule has 1 unspecified atom stereocenters. The second-order valence-electron chi connectivity index (χ2n) is 8.54. The van der Waals surface area contributed by atoms with Gasteiger partial charge >= 0.3 is 0 Å². The highest BCUT2D eigenvalue weighted by molar-refractivity contribution is 5.89. The number of likely N-dealkylation sites (tertiary alicyclic amines) is 1. The minimum Gasteiger partial charge on any atom is -0.396 e. The van der Waals surface area contributed by atoms with E-state index in [2.05, 4.69) is 61.7 Å². The Morgan fingerprint density at radius 3 is 2.74 bits per heavy atom. The summed E-state index contributed by atoms with van der Waals surface area (Å²) in [5.74, 6) is 0.959. The smallest absolute Gasteiger partial charge is 0.0491 e. The SMILES string of the molecule is CN1CC(CO)C[C@@H]2c3cccc4c3c(cn4C(C)(C)C)C[C@H]21. The van der Waals surface area contributed by atoms with E-state index in [1.165, 1.54) is 22.0 Å². The number of hydrogen-bond acceptors (Lipinski definition) is 2. The molecule has 4 rings (SSSR count). The zero-order chi connectivity index (χ0) is 16.4. The van der Waals surface area contributed by atoms with E-state index in [9.17, 15) is 5.11 Å². The van der Waals surface area contributed by atoms with Crippen LogP contribution in [0.2, 0.25) is 0 Å². The summed E-state index contributed by atoms with van der Waals surface area (Å²) < 4.78 is 2.45. The van der Waals surface area contributed by atoms with Gasteiger partial charge in [0.25, 0.3) is 0 Å². The van der Waals surface area contributed by atoms with Crippen molar-refractivity contribution in [1.29, 1.82) is 0 Å². The molecule has 1 saturated heterocycles. The third kappa shape index (κ3) is 2.25. The summed E-state index contributed by atoms with van der Waals surface area (Å²) in [7, 11) is 2.23. The van der Waals surface area contributed by atoms with Gasteiger partial charge in [-0.25, -0.2) is 0 Å². The fourth-order valence-corrected chi connectivity index (χ4v) is 4.85. The fraction of sp³-hybridized carbons (Fsp3) is 0.600. The topological polar surface area (TPSA) is 28.4 Å². The standard InChI is InChI=1S/C20H28N2O/c1-20(2,3)22-11-14-9-18-16(8-13(12-23)10-21(18)4)15-6-5-7-17(22)19(14)15/h5-7,11,13,16,18,23H,8-10,12H2,1-4H3/t13?,16-,18-/m1/s1. The van der Waals surface area contributed by atoms with Crippen LogP contribution in [0.25, 0.3) is 10.9 Å². The van der Waals surface area contributed by atoms with Crippen molar-refractivity contribution in [3.63, 3.8) is 0 Å². The third-order valence-corrected chi connectivity index (χ3v) is 5.91. The Morgan fingerprint density at radius 2 is 2.04 bits per heavy atom. The van der Waals surface area contributed by atoms with Crippen molar-refractivity contribution in [3.8, 4) is 0 Å². The Balaban J connectivity index is 1.90. The first kappa shape index (κ1) is 15.2. The van der Waals surface area contributed by atoms with Gasteiger partial charge in [-0.2, -0.15) is 0 Å². The predicted molar refractivity (Wildman–Crippen MR) is 95.0 cm³/mol. The summed E-state index contributed by atoms with van der Waals surface area (Å²) in [5, 5.41) is 11.2. The molecule has 0 radical (unpaired) electrons. The summed E-state index contributed by atoms with van der Waals surface area (Å²) in [5.41, 5.74) is 4.48. The molecule has 3 heteroatoms. The average molecular weight is 312 g/mol. The average Bonchev–Trinajstić information content (AvgIpc) is 2.89. The van der Waals surface area contributed by atoms with Crippen molar-refractivity contribution < 1.29 is 5.11 Å². The van der Waals surface area contributed by atoms with Crippen LogP contribution in [-0.2, 0) is 12.0 Å². The molecule has 2 aliphatic rings. The predicted octanol–water partition coefficient (Wildman–Crippen LogP) is 3.35. The van der Waals surface area contributed by atoms with E-state index in [0.29, 0.717) is 24.5 Å². The number of aliphatic hydroxyl groups excluding tert-OH is 1. The van der Waals surface area contributed by atoms with Gasteiger partial charge in [-0.05, 0) is 63.8 Å². The zero-order valence-corrected chi connectivity index (χ0v) is 14.7. The summed E-state index contributed by atoms with van der Waals surface area (Å²) >= 11 is 0. The van der Waals surface area contributed by atoms with Crippen molar-refractivity contribution in [2.24, 2.45) is 5.92 Å². The molecule has 0 saturated carbocycles. The first-order chi connectivity index (χ1) is 10.9. The van der Waals surface area contributed by atoms with Gasteiger partial charge in [-0.3, -0.25) is 0 Å². The van der Waals surface area contributed by atoms with Crippen molar-refractivity contribution >= 4 is 10.9 Å². The molecule has 1 N–H and O–H groups in total. The minimum absolute atomic E-state index is 0.101. The molecule has 1 fully saturated rings. The first-order valence-corrected chi connectivity index (χ1v) is 8.84. The number of benzene rings is 1. The normalized spacial score (nSPS) is 28.1. The van der Waals surface area contributed by atoms with E-state index in [0.717, 1.165) is 19.4 Å². The van der Waals surface area contributed by atoms with Crippen LogP contribution in [-0.4, -0.2) is 40.8 Å². The van der Waals surface area contributed by atoms with Crippen LogP contribution >= 0.6 is 0 Å². The Morgan fingerprint density at radius 1 is 1.26 bits per heavy atom. The van der Waals surface area contributed by atoms with E-state index >= 15 is 0 Å². The molecule has 2 aromatic rings. The Bertz CT molecular complexity index is 740. The second kappa shape index (κ2) is 5.09. The number of fused-ring (bicyclic) bond motifs is 2. The highest BCUT2D eigenvalue weighted by Crippen LogP contribution is 2.45. The summed E-state index contributed by atoms with van der Waals surface area (Å²) in [4.78, 5) is 2.48. The number of rotatable bonds is 1. The maximum atomic E-state index is 9.67. The molecular weight excluding hydrogens is 284 g/mol. The van der Waals surface area contributed by atoms with Crippen LogP contribution in [0.3, 0.4) is 0 Å². The molecular formula is C20H28N2O.